The maximum Gasteiger partial charge on any atom is 0.0897 e. The molecule has 0 heterocycles. The Hall–Kier alpha value is -0.160. The van der Waals surface area contributed by atoms with Crippen LogP contribution in [0.25, 0.3) is 0 Å². The number of likely N-dealkylation sites (N-methyl/N-ethyl adjacent to an activating group) is 1. The van der Waals surface area contributed by atoms with Crippen LogP contribution in [0.15, 0.2) is 0 Å². The van der Waals surface area contributed by atoms with Crippen molar-refractivity contribution in [2.75, 3.05) is 26.7 Å². The van der Waals surface area contributed by atoms with Crippen molar-refractivity contribution in [3.05, 3.63) is 0 Å². The first-order chi connectivity index (χ1) is 10.1. The third kappa shape index (κ3) is 5.85. The first-order valence-corrected chi connectivity index (χ1v) is 8.80. The fourth-order valence-corrected chi connectivity index (χ4v) is 3.27. The van der Waals surface area contributed by atoms with Gasteiger partial charge < -0.3 is 15.2 Å². The molecule has 4 atom stereocenters. The Balaban J connectivity index is 1.53. The summed E-state index contributed by atoms with van der Waals surface area (Å²) >= 11 is 0. The van der Waals surface area contributed by atoms with Crippen LogP contribution in [0.2, 0.25) is 0 Å². The smallest absolute Gasteiger partial charge is 0.0897 e. The molecule has 2 saturated carbocycles. The summed E-state index contributed by atoms with van der Waals surface area (Å²) in [7, 11) is 2.20. The zero-order valence-corrected chi connectivity index (χ0v) is 14.1. The summed E-state index contributed by atoms with van der Waals surface area (Å²) in [6.07, 6.45) is 7.68. The number of aliphatic hydroxyl groups excluding tert-OH is 1. The van der Waals surface area contributed by atoms with Crippen molar-refractivity contribution in [1.82, 2.24) is 10.2 Å². The molecule has 2 N–H and O–H groups in total. The van der Waals surface area contributed by atoms with Crippen molar-refractivity contribution in [2.24, 2.45) is 5.92 Å². The van der Waals surface area contributed by atoms with Gasteiger partial charge in [-0.1, -0.05) is 19.8 Å². The van der Waals surface area contributed by atoms with E-state index in [0.29, 0.717) is 31.2 Å². The SMILES string of the molecule is CC1CCCCC1OCC(O)CNCC(C)N(C)C1CC1. The van der Waals surface area contributed by atoms with Gasteiger partial charge in [-0.25, -0.2) is 0 Å². The van der Waals surface area contributed by atoms with Crippen LogP contribution in [0.3, 0.4) is 0 Å². The summed E-state index contributed by atoms with van der Waals surface area (Å²) < 4.78 is 5.91. The fraction of sp³-hybridized carbons (Fsp3) is 1.00. The Kier molecular flexibility index (Phi) is 6.93. The molecule has 0 spiro atoms. The Bertz CT molecular complexity index is 297. The first-order valence-electron chi connectivity index (χ1n) is 8.80. The quantitative estimate of drug-likeness (QED) is 0.683. The molecule has 0 amide bonds. The van der Waals surface area contributed by atoms with Crippen molar-refractivity contribution in [3.8, 4) is 0 Å². The lowest BCUT2D eigenvalue weighted by Crippen LogP contribution is -2.42. The van der Waals surface area contributed by atoms with Crippen molar-refractivity contribution in [2.45, 2.75) is 76.7 Å². The first kappa shape index (κ1) is 17.2. The molecule has 0 aromatic carbocycles. The van der Waals surface area contributed by atoms with E-state index in [1.165, 1.54) is 32.1 Å². The van der Waals surface area contributed by atoms with Crippen LogP contribution in [0.4, 0.5) is 0 Å². The van der Waals surface area contributed by atoms with Gasteiger partial charge in [0.15, 0.2) is 0 Å². The van der Waals surface area contributed by atoms with E-state index in [-0.39, 0.29) is 0 Å². The minimum absolute atomic E-state index is 0.355. The van der Waals surface area contributed by atoms with Crippen LogP contribution < -0.4 is 5.32 Å². The molecule has 0 saturated heterocycles. The van der Waals surface area contributed by atoms with E-state index in [1.807, 2.05) is 0 Å². The van der Waals surface area contributed by atoms with E-state index in [9.17, 15) is 5.11 Å². The second kappa shape index (κ2) is 8.47. The Morgan fingerprint density at radius 1 is 1.19 bits per heavy atom. The van der Waals surface area contributed by atoms with E-state index in [4.69, 9.17) is 4.74 Å². The number of hydrogen-bond acceptors (Lipinski definition) is 4. The van der Waals surface area contributed by atoms with E-state index in [1.54, 1.807) is 0 Å². The molecule has 2 aliphatic rings. The fourth-order valence-electron chi connectivity index (χ4n) is 3.27. The lowest BCUT2D eigenvalue weighted by atomic mass is 9.88. The summed E-state index contributed by atoms with van der Waals surface area (Å²) in [6, 6.07) is 1.33. The molecule has 0 aromatic heterocycles. The highest BCUT2D eigenvalue weighted by molar-refractivity contribution is 4.85. The van der Waals surface area contributed by atoms with Crippen LogP contribution in [-0.2, 0) is 4.74 Å². The normalized spacial score (nSPS) is 29.6. The second-order valence-electron chi connectivity index (χ2n) is 7.19. The monoisotopic (exact) mass is 298 g/mol. The molecule has 124 valence electrons. The van der Waals surface area contributed by atoms with Crippen LogP contribution in [0.5, 0.6) is 0 Å². The van der Waals surface area contributed by atoms with Gasteiger partial charge in [-0.3, -0.25) is 4.90 Å². The van der Waals surface area contributed by atoms with Gasteiger partial charge in [0.1, 0.15) is 0 Å². The van der Waals surface area contributed by atoms with Gasteiger partial charge in [0.25, 0.3) is 0 Å². The van der Waals surface area contributed by atoms with Gasteiger partial charge in [-0.15, -0.1) is 0 Å². The number of aliphatic hydroxyl groups is 1. The largest absolute Gasteiger partial charge is 0.389 e. The van der Waals surface area contributed by atoms with Crippen molar-refractivity contribution < 1.29 is 9.84 Å². The number of rotatable bonds is 9. The predicted octanol–water partition coefficient (Wildman–Crippen LogP) is 2.01. The van der Waals surface area contributed by atoms with Crippen LogP contribution >= 0.6 is 0 Å². The highest BCUT2D eigenvalue weighted by atomic mass is 16.5. The van der Waals surface area contributed by atoms with Gasteiger partial charge in [0.2, 0.25) is 0 Å². The molecule has 0 aliphatic heterocycles. The second-order valence-corrected chi connectivity index (χ2v) is 7.19. The minimum atomic E-state index is -0.391. The zero-order valence-electron chi connectivity index (χ0n) is 14.1. The highest BCUT2D eigenvalue weighted by Gasteiger charge is 2.29. The summed E-state index contributed by atoms with van der Waals surface area (Å²) in [5, 5.41) is 13.4. The lowest BCUT2D eigenvalue weighted by Gasteiger charge is -2.30. The lowest BCUT2D eigenvalue weighted by molar-refractivity contribution is -0.0453. The third-order valence-corrected chi connectivity index (χ3v) is 5.17. The molecule has 2 aliphatic carbocycles. The van der Waals surface area contributed by atoms with Crippen LogP contribution in [-0.4, -0.2) is 61.0 Å². The number of nitrogens with one attached hydrogen (secondary N) is 1. The number of ether oxygens (including phenoxy) is 1. The van der Waals surface area contributed by atoms with Gasteiger partial charge in [-0.2, -0.15) is 0 Å². The van der Waals surface area contributed by atoms with Gasteiger partial charge in [0, 0.05) is 25.2 Å². The molecule has 4 nitrogen and oxygen atoms in total. The van der Waals surface area contributed by atoms with E-state index in [0.717, 1.165) is 19.0 Å². The van der Waals surface area contributed by atoms with Gasteiger partial charge in [0.05, 0.1) is 18.8 Å². The molecule has 21 heavy (non-hydrogen) atoms. The van der Waals surface area contributed by atoms with Crippen LogP contribution in [0, 0.1) is 5.92 Å². The van der Waals surface area contributed by atoms with Gasteiger partial charge in [-0.05, 0) is 45.6 Å². The predicted molar refractivity (Wildman–Crippen MR) is 86.5 cm³/mol. The zero-order chi connectivity index (χ0) is 15.2. The maximum absolute atomic E-state index is 10.0. The topological polar surface area (TPSA) is 44.7 Å². The average molecular weight is 298 g/mol. The third-order valence-electron chi connectivity index (χ3n) is 5.17. The molecule has 0 aromatic rings. The number of hydrogen-bond donors (Lipinski definition) is 2. The summed E-state index contributed by atoms with van der Waals surface area (Å²) in [5.41, 5.74) is 0. The van der Waals surface area contributed by atoms with Gasteiger partial charge >= 0.3 is 0 Å². The molecule has 4 unspecified atom stereocenters. The van der Waals surface area contributed by atoms with E-state index < -0.39 is 6.10 Å². The molecule has 0 bridgehead atoms. The Labute approximate surface area is 130 Å². The van der Waals surface area contributed by atoms with Crippen molar-refractivity contribution in [1.29, 1.82) is 0 Å². The van der Waals surface area contributed by atoms with Crippen molar-refractivity contribution in [3.63, 3.8) is 0 Å². The maximum atomic E-state index is 10.0. The van der Waals surface area contributed by atoms with Crippen LogP contribution in [0.1, 0.15) is 52.4 Å². The molecular formula is C17H34N2O2. The Morgan fingerprint density at radius 3 is 2.57 bits per heavy atom. The molecular weight excluding hydrogens is 264 g/mol. The highest BCUT2D eigenvalue weighted by Crippen LogP contribution is 2.27. The standard InChI is InChI=1S/C17H34N2O2/c1-13-6-4-5-7-17(13)21-12-16(20)11-18-10-14(2)19(3)15-8-9-15/h13-18,20H,4-12H2,1-3H3. The molecule has 2 fully saturated rings. The summed E-state index contributed by atoms with van der Waals surface area (Å²) in [5.74, 6) is 0.645. The Morgan fingerprint density at radius 2 is 1.90 bits per heavy atom. The minimum Gasteiger partial charge on any atom is -0.389 e. The van der Waals surface area contributed by atoms with E-state index in [2.05, 4.69) is 31.1 Å². The number of nitrogens with zero attached hydrogens (tertiary/aromatic N) is 1. The van der Waals surface area contributed by atoms with E-state index >= 15 is 0 Å². The summed E-state index contributed by atoms with van der Waals surface area (Å²) in [4.78, 5) is 2.44. The molecule has 2 rings (SSSR count). The molecule has 4 heteroatoms. The van der Waals surface area contributed by atoms with Crippen molar-refractivity contribution >= 4 is 0 Å². The summed E-state index contributed by atoms with van der Waals surface area (Å²) in [6.45, 7) is 6.55. The molecule has 0 radical (unpaired) electrons. The average Bonchev–Trinajstić information content (AvgIpc) is 3.30.